The quantitative estimate of drug-likeness (QED) is 0.0122. The summed E-state index contributed by atoms with van der Waals surface area (Å²) in [6.45, 7) is 2.89. The highest BCUT2D eigenvalue weighted by molar-refractivity contribution is 7.20. The SMILES string of the molecule is CCCCCCCCCCCCCCCCCCC(C[n+]1ccc2ccccc2c1)=C(C#N)C#N.Fc1c(F)c(F)c([B-](c2c(F)c(F)c(F)c(F)c2F)(c2c(F)c(F)c(F)c(F)c2F)c2c(F)c(F)c(F)c(F)c2F)c(F)c1F. The molecule has 24 heteroatoms. The van der Waals surface area contributed by atoms with Crippen molar-refractivity contribution in [3.63, 3.8) is 0 Å². The van der Waals surface area contributed by atoms with Crippen LogP contribution in [0.5, 0.6) is 0 Å². The smallest absolute Gasteiger partial charge is 0.200 e. The van der Waals surface area contributed by atoms with Crippen LogP contribution in [0.25, 0.3) is 10.8 Å². The molecule has 428 valence electrons. The second-order valence-corrected chi connectivity index (χ2v) is 18.8. The monoisotopic (exact) mass is 1150 g/mol. The van der Waals surface area contributed by atoms with Crippen molar-refractivity contribution in [2.24, 2.45) is 0 Å². The zero-order valence-corrected chi connectivity index (χ0v) is 42.2. The fourth-order valence-corrected chi connectivity index (χ4v) is 9.72. The Balaban J connectivity index is 0.000000304. The first-order chi connectivity index (χ1) is 38.0. The molecule has 0 aliphatic carbocycles. The molecule has 0 unspecified atom stereocenters. The number of allylic oxidation sites excluding steroid dienone is 2. The maximum absolute atomic E-state index is 15.4. The molecular weight excluding hydrogens is 1110 g/mol. The number of hydrogen-bond acceptors (Lipinski definition) is 2. The number of rotatable bonds is 23. The van der Waals surface area contributed by atoms with E-state index < -0.39 is 144 Å². The topological polar surface area (TPSA) is 51.5 Å². The third-order valence-electron chi connectivity index (χ3n) is 13.7. The highest BCUT2D eigenvalue weighted by atomic mass is 19.2. The molecule has 0 saturated carbocycles. The Bertz CT molecular complexity index is 2950. The Morgan fingerprint density at radius 2 is 0.625 bits per heavy atom. The summed E-state index contributed by atoms with van der Waals surface area (Å²) in [6, 6.07) is 14.6. The van der Waals surface area contributed by atoms with Gasteiger partial charge >= 0.3 is 0 Å². The van der Waals surface area contributed by atoms with Crippen LogP contribution in [-0.2, 0) is 6.54 Å². The molecule has 0 saturated heterocycles. The second kappa shape index (κ2) is 28.4. The summed E-state index contributed by atoms with van der Waals surface area (Å²) >= 11 is 0. The lowest BCUT2D eigenvalue weighted by Crippen LogP contribution is -2.81. The lowest BCUT2D eigenvalue weighted by molar-refractivity contribution is -0.688. The van der Waals surface area contributed by atoms with Gasteiger partial charge in [-0.2, -0.15) is 10.5 Å². The van der Waals surface area contributed by atoms with E-state index in [0.29, 0.717) is 6.54 Å². The predicted octanol–water partition coefficient (Wildman–Crippen LogP) is 15.0. The van der Waals surface area contributed by atoms with Gasteiger partial charge < -0.3 is 0 Å². The van der Waals surface area contributed by atoms with Crippen molar-refractivity contribution < 1.29 is 92.4 Å². The Kier molecular flexibility index (Phi) is 22.6. The highest BCUT2D eigenvalue weighted by Gasteiger charge is 2.52. The highest BCUT2D eigenvalue weighted by Crippen LogP contribution is 2.31. The van der Waals surface area contributed by atoms with Crippen molar-refractivity contribution in [3.8, 4) is 12.1 Å². The molecule has 5 aromatic carbocycles. The number of halogens is 20. The molecule has 80 heavy (non-hydrogen) atoms. The van der Waals surface area contributed by atoms with Gasteiger partial charge in [-0.1, -0.05) is 121 Å². The molecular formula is C56H46BF20N3. The summed E-state index contributed by atoms with van der Waals surface area (Å²) in [7, 11) is 0. The summed E-state index contributed by atoms with van der Waals surface area (Å²) in [5.41, 5.74) is -13.1. The van der Waals surface area contributed by atoms with Crippen LogP contribution in [0.15, 0.2) is 53.9 Å². The molecule has 0 fully saturated rings. The first kappa shape index (κ1) is 63.7. The molecule has 0 spiro atoms. The molecule has 0 radical (unpaired) electrons. The van der Waals surface area contributed by atoms with Crippen LogP contribution in [0.1, 0.15) is 116 Å². The average molecular weight is 1150 g/mol. The Morgan fingerprint density at radius 3 is 0.912 bits per heavy atom. The van der Waals surface area contributed by atoms with Gasteiger partial charge in [0.25, 0.3) is 0 Å². The van der Waals surface area contributed by atoms with Crippen molar-refractivity contribution in [2.75, 3.05) is 0 Å². The van der Waals surface area contributed by atoms with Crippen LogP contribution in [0.2, 0.25) is 0 Å². The van der Waals surface area contributed by atoms with Gasteiger partial charge in [-0.15, -0.1) is 21.9 Å². The first-order valence-corrected chi connectivity index (χ1v) is 25.1. The largest absolute Gasteiger partial charge is 0.207 e. The lowest BCUT2D eigenvalue weighted by atomic mass is 9.12. The van der Waals surface area contributed by atoms with Gasteiger partial charge in [0.05, 0.1) is 0 Å². The van der Waals surface area contributed by atoms with E-state index in [2.05, 4.69) is 48.0 Å². The van der Waals surface area contributed by atoms with E-state index in [4.69, 9.17) is 0 Å². The molecule has 0 aliphatic heterocycles. The minimum Gasteiger partial charge on any atom is -0.207 e. The average Bonchev–Trinajstić information content (AvgIpc) is 3.62. The molecule has 1 heterocycles. The van der Waals surface area contributed by atoms with Crippen molar-refractivity contribution in [3.05, 3.63) is 170 Å². The van der Waals surface area contributed by atoms with Crippen LogP contribution < -0.4 is 26.4 Å². The predicted molar refractivity (Wildman–Crippen MR) is 256 cm³/mol. The van der Waals surface area contributed by atoms with E-state index in [0.717, 1.165) is 18.4 Å². The number of nitriles is 2. The summed E-state index contributed by atoms with van der Waals surface area (Å²) in [5, 5.41) is 21.3. The summed E-state index contributed by atoms with van der Waals surface area (Å²) in [6.07, 6.45) is 19.3. The normalized spacial score (nSPS) is 11.4. The lowest BCUT2D eigenvalue weighted by Gasteiger charge is -2.44. The van der Waals surface area contributed by atoms with Gasteiger partial charge in [0.2, 0.25) is 0 Å². The van der Waals surface area contributed by atoms with E-state index in [1.54, 1.807) is 0 Å². The van der Waals surface area contributed by atoms with E-state index in [1.165, 1.54) is 107 Å². The van der Waals surface area contributed by atoms with Gasteiger partial charge in [-0.05, 0) is 24.3 Å². The summed E-state index contributed by atoms with van der Waals surface area (Å²) in [5.74, 6) is -71.4. The Morgan fingerprint density at radius 1 is 0.362 bits per heavy atom. The molecule has 0 amide bonds. The van der Waals surface area contributed by atoms with Crippen LogP contribution in [-0.4, -0.2) is 6.15 Å². The first-order valence-electron chi connectivity index (χ1n) is 25.1. The molecule has 6 aromatic rings. The molecule has 0 aliphatic rings. The number of aromatic nitrogens is 1. The number of pyridine rings is 1. The number of benzene rings is 5. The summed E-state index contributed by atoms with van der Waals surface area (Å²) < 4.78 is 296. The van der Waals surface area contributed by atoms with Gasteiger partial charge in [0.15, 0.2) is 88.7 Å². The zero-order chi connectivity index (χ0) is 59.3. The van der Waals surface area contributed by atoms with Crippen LogP contribution >= 0.6 is 0 Å². The minimum absolute atomic E-state index is 0.284. The zero-order valence-electron chi connectivity index (χ0n) is 42.2. The van der Waals surface area contributed by atoms with Gasteiger partial charge in [-0.3, -0.25) is 0 Å². The fraction of sp³-hybridized carbons (Fsp3) is 0.339. The van der Waals surface area contributed by atoms with Crippen LogP contribution in [0.4, 0.5) is 87.8 Å². The van der Waals surface area contributed by atoms with Gasteiger partial charge in [0.1, 0.15) is 70.4 Å². The number of unbranched alkanes of at least 4 members (excludes halogenated alkanes) is 15. The summed E-state index contributed by atoms with van der Waals surface area (Å²) in [4.78, 5) is 0. The van der Waals surface area contributed by atoms with Crippen molar-refractivity contribution in [1.29, 1.82) is 10.5 Å². The van der Waals surface area contributed by atoms with E-state index >= 15 is 35.1 Å². The minimum atomic E-state index is -7.22. The van der Waals surface area contributed by atoms with Gasteiger partial charge in [-0.25, -0.2) is 92.4 Å². The number of fused-ring (bicyclic) bond motifs is 1. The van der Waals surface area contributed by atoms with E-state index in [1.807, 2.05) is 18.3 Å². The van der Waals surface area contributed by atoms with Gasteiger partial charge in [0, 0.05) is 17.0 Å². The number of nitrogens with zero attached hydrogens (tertiary/aromatic N) is 3. The molecule has 6 rings (SSSR count). The van der Waals surface area contributed by atoms with E-state index in [-0.39, 0.29) is 5.57 Å². The Labute approximate surface area is 445 Å². The van der Waals surface area contributed by atoms with Crippen LogP contribution in [0.3, 0.4) is 0 Å². The third-order valence-corrected chi connectivity index (χ3v) is 13.7. The maximum atomic E-state index is 15.4. The molecule has 3 nitrogen and oxygen atoms in total. The van der Waals surface area contributed by atoms with Crippen LogP contribution in [0, 0.1) is 139 Å². The second-order valence-electron chi connectivity index (χ2n) is 18.8. The van der Waals surface area contributed by atoms with Crippen molar-refractivity contribution in [2.45, 2.75) is 123 Å². The van der Waals surface area contributed by atoms with E-state index in [9.17, 15) is 63.2 Å². The fourth-order valence-electron chi connectivity index (χ4n) is 9.72. The third kappa shape index (κ3) is 13.1. The molecule has 0 N–H and O–H groups in total. The molecule has 1 aromatic heterocycles. The maximum Gasteiger partial charge on any atom is 0.200 e. The Hall–Kier alpha value is -7.11. The molecule has 0 bridgehead atoms. The van der Waals surface area contributed by atoms with Crippen molar-refractivity contribution in [1.82, 2.24) is 0 Å². The number of hydrogen-bond donors (Lipinski definition) is 0. The van der Waals surface area contributed by atoms with Crippen molar-refractivity contribution >= 4 is 38.8 Å². The standard InChI is InChI=1S/C32H46N3.C24BF20/c1-2-3-4-5-6-7-8-9-10-11-12-13-14-15-16-17-21-31(32(25-33)26-34)28-35-24-23-29-20-18-19-22-30(29)27-35;26-5-1(6(27)14(35)21(42)13(5)34)25(2-7(28)15(36)22(43)16(37)8(2)29,3-9(30)17(38)23(44)18(39)10(3)31)4-11(32)19(40)24(45)20(41)12(4)33/h18-20,22-24,27H,2-17,21,28H2,1H3;/q+1;-1. The molecule has 0 atom stereocenters.